The summed E-state index contributed by atoms with van der Waals surface area (Å²) in [4.78, 5) is 0. The first-order valence-electron chi connectivity index (χ1n) is 5.81. The number of aliphatic hydroxyl groups excluding tert-OH is 1. The normalized spacial score (nSPS) is 12.5. The molecule has 96 valence electrons. The largest absolute Gasteiger partial charge is 0.493 e. The fraction of sp³-hybridized carbons (Fsp3) is 0.538. The number of hydrogen-bond donors (Lipinski definition) is 2. The van der Waals surface area contributed by atoms with Crippen LogP contribution in [0.25, 0.3) is 0 Å². The van der Waals surface area contributed by atoms with Crippen molar-refractivity contribution >= 4 is 0 Å². The van der Waals surface area contributed by atoms with Crippen LogP contribution >= 0.6 is 0 Å². The predicted molar refractivity (Wildman–Crippen MR) is 65.8 cm³/mol. The summed E-state index contributed by atoms with van der Waals surface area (Å²) >= 11 is 0. The van der Waals surface area contributed by atoms with E-state index in [0.717, 1.165) is 5.56 Å². The summed E-state index contributed by atoms with van der Waals surface area (Å²) in [6, 6.07) is 3.23. The van der Waals surface area contributed by atoms with Gasteiger partial charge in [0.05, 0.1) is 6.61 Å². The Morgan fingerprint density at radius 1 is 1.47 bits per heavy atom. The lowest BCUT2D eigenvalue weighted by Crippen LogP contribution is -2.15. The molecule has 0 saturated heterocycles. The Labute approximate surface area is 102 Å². The van der Waals surface area contributed by atoms with Gasteiger partial charge in [0.15, 0.2) is 0 Å². The molecule has 2 N–H and O–H groups in total. The van der Waals surface area contributed by atoms with Crippen molar-refractivity contribution in [3.63, 3.8) is 0 Å². The standard InChI is InChI=1S/C13H20FNO2/c1-9-7-13(17-6-4-5-16)11(8-12(9)14)10(2)15-3/h7-8,10,15-16H,4-6H2,1-3H3. The van der Waals surface area contributed by atoms with Crippen molar-refractivity contribution in [2.24, 2.45) is 0 Å². The lowest BCUT2D eigenvalue weighted by atomic mass is 10.0. The van der Waals surface area contributed by atoms with E-state index >= 15 is 0 Å². The van der Waals surface area contributed by atoms with E-state index in [1.807, 2.05) is 14.0 Å². The topological polar surface area (TPSA) is 41.5 Å². The molecule has 1 atom stereocenters. The quantitative estimate of drug-likeness (QED) is 0.750. The Kier molecular flexibility index (Phi) is 5.38. The monoisotopic (exact) mass is 241 g/mol. The minimum absolute atomic E-state index is 0.0224. The molecular formula is C13H20FNO2. The SMILES string of the molecule is CNC(C)c1cc(F)c(C)cc1OCCCO. The fourth-order valence-electron chi connectivity index (χ4n) is 1.54. The van der Waals surface area contributed by atoms with E-state index in [-0.39, 0.29) is 18.5 Å². The number of halogens is 1. The maximum absolute atomic E-state index is 13.5. The fourth-order valence-corrected chi connectivity index (χ4v) is 1.54. The second kappa shape index (κ2) is 6.57. The zero-order valence-electron chi connectivity index (χ0n) is 10.6. The number of ether oxygens (including phenoxy) is 1. The molecule has 17 heavy (non-hydrogen) atoms. The van der Waals surface area contributed by atoms with Gasteiger partial charge in [-0.3, -0.25) is 0 Å². The molecule has 3 nitrogen and oxygen atoms in total. The van der Waals surface area contributed by atoms with Gasteiger partial charge in [0.25, 0.3) is 0 Å². The second-order valence-corrected chi connectivity index (χ2v) is 4.08. The number of benzene rings is 1. The average molecular weight is 241 g/mol. The highest BCUT2D eigenvalue weighted by Gasteiger charge is 2.13. The van der Waals surface area contributed by atoms with Gasteiger partial charge in [0.1, 0.15) is 11.6 Å². The highest BCUT2D eigenvalue weighted by atomic mass is 19.1. The van der Waals surface area contributed by atoms with E-state index in [4.69, 9.17) is 9.84 Å². The number of rotatable bonds is 6. The summed E-state index contributed by atoms with van der Waals surface area (Å²) in [5.41, 5.74) is 1.37. The lowest BCUT2D eigenvalue weighted by Gasteiger charge is -2.17. The van der Waals surface area contributed by atoms with Gasteiger partial charge in [-0.15, -0.1) is 0 Å². The van der Waals surface area contributed by atoms with Crippen LogP contribution in [0.5, 0.6) is 5.75 Å². The highest BCUT2D eigenvalue weighted by molar-refractivity contribution is 5.40. The average Bonchev–Trinajstić information content (AvgIpc) is 2.32. The van der Waals surface area contributed by atoms with Crippen LogP contribution in [0.2, 0.25) is 0 Å². The van der Waals surface area contributed by atoms with Crippen molar-refractivity contribution in [1.29, 1.82) is 0 Å². The van der Waals surface area contributed by atoms with Gasteiger partial charge in [0, 0.05) is 24.6 Å². The summed E-state index contributed by atoms with van der Waals surface area (Å²) in [5, 5.41) is 11.8. The first-order chi connectivity index (χ1) is 8.10. The number of hydrogen-bond acceptors (Lipinski definition) is 3. The van der Waals surface area contributed by atoms with Crippen LogP contribution in [0.1, 0.15) is 30.5 Å². The summed E-state index contributed by atoms with van der Waals surface area (Å²) in [6.07, 6.45) is 0.573. The maximum Gasteiger partial charge on any atom is 0.126 e. The first-order valence-corrected chi connectivity index (χ1v) is 5.81. The Bertz CT molecular complexity index is 369. The van der Waals surface area contributed by atoms with E-state index < -0.39 is 0 Å². The smallest absolute Gasteiger partial charge is 0.126 e. The third-order valence-electron chi connectivity index (χ3n) is 2.75. The maximum atomic E-state index is 13.5. The molecule has 0 aliphatic rings. The minimum Gasteiger partial charge on any atom is -0.493 e. The lowest BCUT2D eigenvalue weighted by molar-refractivity contribution is 0.231. The van der Waals surface area contributed by atoms with Crippen LogP contribution in [0.3, 0.4) is 0 Å². The molecule has 0 amide bonds. The van der Waals surface area contributed by atoms with Crippen molar-refractivity contribution in [2.75, 3.05) is 20.3 Å². The van der Waals surface area contributed by atoms with Crippen molar-refractivity contribution < 1.29 is 14.2 Å². The molecule has 1 aromatic carbocycles. The second-order valence-electron chi connectivity index (χ2n) is 4.08. The van der Waals surface area contributed by atoms with Gasteiger partial charge in [0.2, 0.25) is 0 Å². The summed E-state index contributed by atoms with van der Waals surface area (Å²) in [6.45, 7) is 4.19. The third-order valence-corrected chi connectivity index (χ3v) is 2.75. The number of aliphatic hydroxyl groups is 1. The molecule has 4 heteroatoms. The summed E-state index contributed by atoms with van der Waals surface area (Å²) in [5.74, 6) is 0.454. The van der Waals surface area contributed by atoms with Gasteiger partial charge in [-0.25, -0.2) is 4.39 Å². The van der Waals surface area contributed by atoms with Crippen molar-refractivity contribution in [2.45, 2.75) is 26.3 Å². The van der Waals surface area contributed by atoms with Crippen LogP contribution in [0.15, 0.2) is 12.1 Å². The Balaban J connectivity index is 2.94. The molecule has 1 aromatic rings. The summed E-state index contributed by atoms with van der Waals surface area (Å²) in [7, 11) is 1.82. The molecule has 0 saturated carbocycles. The number of aryl methyl sites for hydroxylation is 1. The zero-order chi connectivity index (χ0) is 12.8. The minimum atomic E-state index is -0.225. The molecule has 1 unspecified atom stereocenters. The van der Waals surface area contributed by atoms with E-state index in [9.17, 15) is 4.39 Å². The predicted octanol–water partition coefficient (Wildman–Crippen LogP) is 2.18. The van der Waals surface area contributed by atoms with Gasteiger partial charge in [-0.2, -0.15) is 0 Å². The molecular weight excluding hydrogens is 221 g/mol. The zero-order valence-corrected chi connectivity index (χ0v) is 10.6. The number of nitrogens with one attached hydrogen (secondary N) is 1. The molecule has 0 spiro atoms. The van der Waals surface area contributed by atoms with E-state index in [1.54, 1.807) is 13.0 Å². The molecule has 0 aliphatic heterocycles. The molecule has 0 heterocycles. The Morgan fingerprint density at radius 3 is 2.76 bits per heavy atom. The molecule has 0 bridgehead atoms. The van der Waals surface area contributed by atoms with Crippen LogP contribution in [0.4, 0.5) is 4.39 Å². The molecule has 0 fully saturated rings. The van der Waals surface area contributed by atoms with E-state index in [0.29, 0.717) is 24.3 Å². The van der Waals surface area contributed by atoms with Gasteiger partial charge in [-0.1, -0.05) is 0 Å². The molecule has 0 radical (unpaired) electrons. The van der Waals surface area contributed by atoms with Crippen molar-refractivity contribution in [3.05, 3.63) is 29.1 Å². The first kappa shape index (κ1) is 13.9. The Morgan fingerprint density at radius 2 is 2.18 bits per heavy atom. The molecule has 0 aliphatic carbocycles. The van der Waals surface area contributed by atoms with Crippen LogP contribution in [-0.2, 0) is 0 Å². The summed E-state index contributed by atoms with van der Waals surface area (Å²) < 4.78 is 19.1. The van der Waals surface area contributed by atoms with E-state index in [2.05, 4.69) is 5.32 Å². The third kappa shape index (κ3) is 3.68. The van der Waals surface area contributed by atoms with Gasteiger partial charge in [-0.05, 0) is 38.6 Å². The Hall–Kier alpha value is -1.13. The molecule has 1 rings (SSSR count). The van der Waals surface area contributed by atoms with Crippen LogP contribution < -0.4 is 10.1 Å². The van der Waals surface area contributed by atoms with Crippen molar-refractivity contribution in [3.8, 4) is 5.75 Å². The van der Waals surface area contributed by atoms with E-state index in [1.165, 1.54) is 6.07 Å². The van der Waals surface area contributed by atoms with Gasteiger partial charge >= 0.3 is 0 Å². The van der Waals surface area contributed by atoms with Crippen LogP contribution in [0, 0.1) is 12.7 Å². The highest BCUT2D eigenvalue weighted by Crippen LogP contribution is 2.28. The van der Waals surface area contributed by atoms with Crippen molar-refractivity contribution in [1.82, 2.24) is 5.32 Å². The van der Waals surface area contributed by atoms with Crippen LogP contribution in [-0.4, -0.2) is 25.4 Å². The van der Waals surface area contributed by atoms with Gasteiger partial charge < -0.3 is 15.2 Å². The molecule has 0 aromatic heterocycles.